The molecular formula is C10H16N2O3S. The molecule has 1 aromatic rings. The third kappa shape index (κ3) is 4.24. The van der Waals surface area contributed by atoms with E-state index >= 15 is 0 Å². The summed E-state index contributed by atoms with van der Waals surface area (Å²) in [4.78, 5) is 7.55. The maximum absolute atomic E-state index is 11.7. The largest absolute Gasteiger partial charge is 0.396 e. The van der Waals surface area contributed by atoms with Crippen molar-refractivity contribution in [2.45, 2.75) is 30.6 Å². The first kappa shape index (κ1) is 13.1. The van der Waals surface area contributed by atoms with Crippen LogP contribution in [0.1, 0.15) is 25.7 Å². The van der Waals surface area contributed by atoms with E-state index in [2.05, 4.69) is 9.97 Å². The van der Waals surface area contributed by atoms with Crippen LogP contribution in [0.4, 0.5) is 0 Å². The summed E-state index contributed by atoms with van der Waals surface area (Å²) >= 11 is 0. The number of unbranched alkanes of at least 4 members (excludes halogenated alkanes) is 3. The number of nitrogens with zero attached hydrogens (tertiary/aromatic N) is 2. The van der Waals surface area contributed by atoms with Gasteiger partial charge in [0.05, 0.1) is 5.75 Å². The van der Waals surface area contributed by atoms with E-state index in [0.29, 0.717) is 6.42 Å². The Balaban J connectivity index is 2.41. The predicted octanol–water partition coefficient (Wildman–Crippen LogP) is 0.803. The Labute approximate surface area is 95.5 Å². The lowest BCUT2D eigenvalue weighted by atomic mass is 10.2. The quantitative estimate of drug-likeness (QED) is 0.718. The molecule has 0 atom stereocenters. The number of hydrogen-bond acceptors (Lipinski definition) is 5. The van der Waals surface area contributed by atoms with Crippen LogP contribution in [-0.4, -0.2) is 35.9 Å². The summed E-state index contributed by atoms with van der Waals surface area (Å²) < 4.78 is 23.5. The summed E-state index contributed by atoms with van der Waals surface area (Å²) in [5.41, 5.74) is 0. The molecule has 1 rings (SSSR count). The molecular weight excluding hydrogens is 228 g/mol. The zero-order valence-corrected chi connectivity index (χ0v) is 9.86. The van der Waals surface area contributed by atoms with E-state index in [4.69, 9.17) is 5.11 Å². The van der Waals surface area contributed by atoms with Crippen molar-refractivity contribution < 1.29 is 13.5 Å². The zero-order valence-electron chi connectivity index (χ0n) is 9.04. The first-order valence-electron chi connectivity index (χ1n) is 5.25. The minimum Gasteiger partial charge on any atom is -0.396 e. The number of sulfone groups is 1. The van der Waals surface area contributed by atoms with E-state index in [0.717, 1.165) is 19.3 Å². The highest BCUT2D eigenvalue weighted by Crippen LogP contribution is 2.10. The van der Waals surface area contributed by atoms with Crippen molar-refractivity contribution in [3.05, 3.63) is 18.7 Å². The molecule has 6 heteroatoms. The van der Waals surface area contributed by atoms with Crippen molar-refractivity contribution in [1.82, 2.24) is 9.97 Å². The molecule has 0 saturated carbocycles. The number of rotatable bonds is 7. The monoisotopic (exact) mass is 244 g/mol. The predicted molar refractivity (Wildman–Crippen MR) is 59.6 cm³/mol. The Morgan fingerprint density at radius 3 is 2.31 bits per heavy atom. The molecule has 5 nitrogen and oxygen atoms in total. The van der Waals surface area contributed by atoms with E-state index in [1.807, 2.05) is 0 Å². The molecule has 0 unspecified atom stereocenters. The van der Waals surface area contributed by atoms with E-state index < -0.39 is 9.84 Å². The molecule has 0 aliphatic heterocycles. The van der Waals surface area contributed by atoms with E-state index in [-0.39, 0.29) is 17.3 Å². The molecule has 1 aromatic heterocycles. The molecule has 0 aliphatic carbocycles. The first-order chi connectivity index (χ1) is 7.67. The minimum absolute atomic E-state index is 0.117. The molecule has 0 radical (unpaired) electrons. The van der Waals surface area contributed by atoms with Crippen LogP contribution in [0.3, 0.4) is 0 Å². The van der Waals surface area contributed by atoms with Gasteiger partial charge in [-0.25, -0.2) is 18.4 Å². The van der Waals surface area contributed by atoms with Gasteiger partial charge < -0.3 is 5.11 Å². The highest BCUT2D eigenvalue weighted by Gasteiger charge is 2.13. The SMILES string of the molecule is O=S(=O)(CCCCCCO)c1cncnc1. The fourth-order valence-corrected chi connectivity index (χ4v) is 2.58. The summed E-state index contributed by atoms with van der Waals surface area (Å²) in [5.74, 6) is 0.117. The summed E-state index contributed by atoms with van der Waals surface area (Å²) in [6.45, 7) is 0.166. The second-order valence-corrected chi connectivity index (χ2v) is 5.64. The van der Waals surface area contributed by atoms with Crippen LogP contribution in [0.5, 0.6) is 0 Å². The van der Waals surface area contributed by atoms with Gasteiger partial charge in [0.2, 0.25) is 0 Å². The first-order valence-corrected chi connectivity index (χ1v) is 6.90. The Morgan fingerprint density at radius 2 is 1.69 bits per heavy atom. The van der Waals surface area contributed by atoms with Crippen molar-refractivity contribution in [2.24, 2.45) is 0 Å². The molecule has 0 aromatic carbocycles. The lowest BCUT2D eigenvalue weighted by molar-refractivity contribution is 0.283. The van der Waals surface area contributed by atoms with Gasteiger partial charge in [-0.1, -0.05) is 12.8 Å². The Morgan fingerprint density at radius 1 is 1.06 bits per heavy atom. The molecule has 0 fully saturated rings. The van der Waals surface area contributed by atoms with Crippen LogP contribution in [0.25, 0.3) is 0 Å². The summed E-state index contributed by atoms with van der Waals surface area (Å²) in [5, 5.41) is 8.57. The smallest absolute Gasteiger partial charge is 0.181 e. The molecule has 1 heterocycles. The van der Waals surface area contributed by atoms with Gasteiger partial charge in [-0.05, 0) is 12.8 Å². The number of aliphatic hydroxyl groups excluding tert-OH is 1. The van der Waals surface area contributed by atoms with E-state index in [1.54, 1.807) is 0 Å². The normalized spacial score (nSPS) is 11.6. The Kier molecular flexibility index (Phi) is 5.34. The van der Waals surface area contributed by atoms with Crippen molar-refractivity contribution in [1.29, 1.82) is 0 Å². The molecule has 0 aliphatic rings. The topological polar surface area (TPSA) is 80.2 Å². The van der Waals surface area contributed by atoms with Gasteiger partial charge in [0.25, 0.3) is 0 Å². The average molecular weight is 244 g/mol. The fraction of sp³-hybridized carbons (Fsp3) is 0.600. The average Bonchev–Trinajstić information content (AvgIpc) is 2.30. The van der Waals surface area contributed by atoms with Gasteiger partial charge in [-0.15, -0.1) is 0 Å². The van der Waals surface area contributed by atoms with Crippen molar-refractivity contribution >= 4 is 9.84 Å². The molecule has 0 bridgehead atoms. The van der Waals surface area contributed by atoms with Crippen LogP contribution in [0, 0.1) is 0 Å². The highest BCUT2D eigenvalue weighted by molar-refractivity contribution is 7.91. The molecule has 0 saturated heterocycles. The lowest BCUT2D eigenvalue weighted by Gasteiger charge is -2.02. The zero-order chi connectivity index (χ0) is 11.9. The summed E-state index contributed by atoms with van der Waals surface area (Å²) in [6, 6.07) is 0. The second-order valence-electron chi connectivity index (χ2n) is 3.53. The highest BCUT2D eigenvalue weighted by atomic mass is 32.2. The number of aliphatic hydroxyl groups is 1. The number of aromatic nitrogens is 2. The van der Waals surface area contributed by atoms with Crippen LogP contribution in [0.2, 0.25) is 0 Å². The van der Waals surface area contributed by atoms with Crippen LogP contribution in [0.15, 0.2) is 23.6 Å². The van der Waals surface area contributed by atoms with Crippen molar-refractivity contribution in [2.75, 3.05) is 12.4 Å². The second kappa shape index (κ2) is 6.55. The van der Waals surface area contributed by atoms with Crippen molar-refractivity contribution in [3.63, 3.8) is 0 Å². The van der Waals surface area contributed by atoms with Crippen LogP contribution < -0.4 is 0 Å². The van der Waals surface area contributed by atoms with Gasteiger partial charge in [0.15, 0.2) is 9.84 Å². The third-order valence-electron chi connectivity index (χ3n) is 2.22. The van der Waals surface area contributed by atoms with Gasteiger partial charge in [-0.3, -0.25) is 0 Å². The van der Waals surface area contributed by atoms with Gasteiger partial charge in [0, 0.05) is 19.0 Å². The molecule has 90 valence electrons. The molecule has 0 spiro atoms. The van der Waals surface area contributed by atoms with Crippen LogP contribution in [-0.2, 0) is 9.84 Å². The Hall–Kier alpha value is -1.01. The van der Waals surface area contributed by atoms with Crippen molar-refractivity contribution in [3.8, 4) is 0 Å². The van der Waals surface area contributed by atoms with E-state index in [9.17, 15) is 8.42 Å². The maximum atomic E-state index is 11.7. The Bertz CT molecular complexity index is 392. The standard InChI is InChI=1S/C10H16N2O3S/c13-5-3-1-2-4-6-16(14,15)10-7-11-9-12-8-10/h7-9,13H,1-6H2. The summed E-state index contributed by atoms with van der Waals surface area (Å²) in [6.07, 6.45) is 6.95. The summed E-state index contributed by atoms with van der Waals surface area (Å²) in [7, 11) is -3.23. The fourth-order valence-electron chi connectivity index (χ4n) is 1.32. The number of hydrogen-bond donors (Lipinski definition) is 1. The van der Waals surface area contributed by atoms with E-state index in [1.165, 1.54) is 18.7 Å². The minimum atomic E-state index is -3.23. The van der Waals surface area contributed by atoms with Crippen LogP contribution >= 0.6 is 0 Å². The maximum Gasteiger partial charge on any atom is 0.181 e. The lowest BCUT2D eigenvalue weighted by Crippen LogP contribution is -2.07. The van der Waals surface area contributed by atoms with Gasteiger partial charge >= 0.3 is 0 Å². The van der Waals surface area contributed by atoms with Gasteiger partial charge in [0.1, 0.15) is 11.2 Å². The molecule has 0 amide bonds. The molecule has 1 N–H and O–H groups in total. The molecule has 16 heavy (non-hydrogen) atoms. The van der Waals surface area contributed by atoms with Gasteiger partial charge in [-0.2, -0.15) is 0 Å². The third-order valence-corrected chi connectivity index (χ3v) is 3.97.